The summed E-state index contributed by atoms with van der Waals surface area (Å²) in [7, 11) is -13.2. The SMILES string of the molecule is COC1[C@@H](COP(=O)(O)O[C@H]2C(O)[C@@H](COP(=O)(O)O[C@H]3C(OC)[C@@H](COP(=O)(O)OCCO)O[C@H]3n3cnc4c(N)ncnc43)O[C@H]2n2cnc3c(N)ncnc32)O[C@@H](n2cnc3c(N)ccnc32)[C@H]1OP(O)(O)=S. The number of phosphoric ester groups is 3. The number of phosphoric acid groups is 3. The Bertz CT molecular complexity index is 3250. The number of aliphatic hydroxyl groups is 2. The van der Waals surface area contributed by atoms with Crippen molar-refractivity contribution in [2.24, 2.45) is 0 Å². The number of nitrogens with two attached hydrogens (primary N) is 3. The molecule has 13 N–H and O–H groups in total. The van der Waals surface area contributed by atoms with Gasteiger partial charge in [-0.2, -0.15) is 0 Å². The van der Waals surface area contributed by atoms with Crippen LogP contribution in [0.4, 0.5) is 17.3 Å². The highest BCUT2D eigenvalue weighted by molar-refractivity contribution is 8.06. The van der Waals surface area contributed by atoms with E-state index in [2.05, 4.69) is 44.4 Å². The number of anilines is 3. The van der Waals surface area contributed by atoms with Gasteiger partial charge in [-0.15, -0.1) is 0 Å². The summed E-state index contributed by atoms with van der Waals surface area (Å²) in [5.74, 6) is -0.130. The van der Waals surface area contributed by atoms with Crippen molar-refractivity contribution in [2.45, 2.75) is 73.6 Å². The molecule has 6 aromatic rings. The lowest BCUT2D eigenvalue weighted by atomic mass is 10.1. The van der Waals surface area contributed by atoms with Crippen molar-refractivity contribution in [3.05, 3.63) is 43.9 Å². The highest BCUT2D eigenvalue weighted by atomic mass is 32.5. The highest BCUT2D eigenvalue weighted by Gasteiger charge is 2.55. The molecular formula is C35H48N14O22P4S. The maximum absolute atomic E-state index is 14.0. The lowest BCUT2D eigenvalue weighted by Crippen LogP contribution is -2.38. The van der Waals surface area contributed by atoms with Gasteiger partial charge in [0.25, 0.3) is 0 Å². The standard InChI is InChI=1S/C35H48N14O22P4S/c1-60-23-17(8-63-72(52,53)62-6-5-50)67-34(49-14-46-21-29(38)41-11-43-32(21)49)26(23)70-74(56,57)64-7-16-22(51)25(33(66-16)48-13-45-20-28(37)40-10-42-31(20)48)69-73(54,55)65-9-18-24(61-2)27(71-75(58,59)76)35(68-18)47-12-44-19-15(36)3-4-39-30(19)47/h3-4,10-14,16-18,22-27,33-35,50-51H,5-9H2,1-2H3,(H2,36,39)(H,52,53)(H,54,55)(H,56,57)(H2,37,40,42)(H2,38,41,43)(H2,58,59,76)/t16-,17-,18-,22?,23?,24?,25+,26+,27+,33-,34-,35-/m1/s1. The average molecular weight is 1170 g/mol. The Morgan fingerprint density at radius 3 is 1.51 bits per heavy atom. The fraction of sp³-hybridized carbons (Fsp3) is 0.543. The number of hydrogen-bond acceptors (Lipinski definition) is 29. The molecule has 15 atom stereocenters. The summed E-state index contributed by atoms with van der Waals surface area (Å²) in [5.41, 5.74) is 18.9. The molecule has 41 heteroatoms. The van der Waals surface area contributed by atoms with Crippen LogP contribution in [0.3, 0.4) is 0 Å². The van der Waals surface area contributed by atoms with Crippen LogP contribution in [0, 0.1) is 0 Å². The zero-order valence-corrected chi connectivity index (χ0v) is 43.5. The maximum Gasteiger partial charge on any atom is 0.472 e. The van der Waals surface area contributed by atoms with Crippen LogP contribution in [0.2, 0.25) is 0 Å². The third-order valence-corrected chi connectivity index (χ3v) is 15.6. The number of hydrogen-bond donors (Lipinski definition) is 10. The van der Waals surface area contributed by atoms with Crippen LogP contribution >= 0.6 is 30.2 Å². The smallest absolute Gasteiger partial charge is 0.397 e. The van der Waals surface area contributed by atoms with E-state index in [1.165, 1.54) is 41.2 Å². The third-order valence-electron chi connectivity index (χ3n) is 11.8. The van der Waals surface area contributed by atoms with Crippen molar-refractivity contribution in [1.82, 2.24) is 53.6 Å². The van der Waals surface area contributed by atoms with Gasteiger partial charge in [0.1, 0.15) is 84.1 Å². The van der Waals surface area contributed by atoms with E-state index in [1.54, 1.807) is 0 Å². The molecule has 9 heterocycles. The monoisotopic (exact) mass is 1170 g/mol. The number of rotatable bonds is 23. The second-order valence-electron chi connectivity index (χ2n) is 16.5. The molecule has 0 amide bonds. The van der Waals surface area contributed by atoms with Crippen LogP contribution in [-0.2, 0) is 80.9 Å². The molecule has 3 saturated heterocycles. The summed E-state index contributed by atoms with van der Waals surface area (Å²) in [4.78, 5) is 86.3. The molecule has 3 aliphatic heterocycles. The van der Waals surface area contributed by atoms with E-state index in [-0.39, 0.29) is 50.8 Å². The molecular weight excluding hydrogens is 1120 g/mol. The first-order valence-electron chi connectivity index (χ1n) is 21.9. The molecule has 6 unspecified atom stereocenters. The van der Waals surface area contributed by atoms with Gasteiger partial charge in [-0.3, -0.25) is 45.4 Å². The Labute approximate surface area is 430 Å². The molecule has 0 radical (unpaired) electrons. The first kappa shape index (κ1) is 56.4. The van der Waals surface area contributed by atoms with E-state index < -0.39 is 137 Å². The number of ether oxygens (including phenoxy) is 5. The van der Waals surface area contributed by atoms with Gasteiger partial charge in [0.2, 0.25) is 0 Å². The number of methoxy groups -OCH3 is 2. The molecule has 6 aromatic heterocycles. The van der Waals surface area contributed by atoms with Crippen LogP contribution < -0.4 is 17.2 Å². The van der Waals surface area contributed by atoms with Gasteiger partial charge in [-0.25, -0.2) is 53.6 Å². The summed E-state index contributed by atoms with van der Waals surface area (Å²) in [6.07, 6.45) is -11.4. The van der Waals surface area contributed by atoms with Gasteiger partial charge in [-0.1, -0.05) is 0 Å². The topological polar surface area (TPSA) is 500 Å². The van der Waals surface area contributed by atoms with Gasteiger partial charge in [-0.05, 0) is 17.9 Å². The largest absolute Gasteiger partial charge is 0.472 e. The Morgan fingerprint density at radius 1 is 0.579 bits per heavy atom. The molecule has 0 bridgehead atoms. The minimum absolute atomic E-state index is 0.0197. The van der Waals surface area contributed by atoms with E-state index in [0.29, 0.717) is 0 Å². The van der Waals surface area contributed by atoms with Gasteiger partial charge in [0.15, 0.2) is 47.3 Å². The molecule has 0 spiro atoms. The summed E-state index contributed by atoms with van der Waals surface area (Å²) in [5, 5.41) is 20.9. The van der Waals surface area contributed by atoms with Crippen molar-refractivity contribution in [3.63, 3.8) is 0 Å². The van der Waals surface area contributed by atoms with Gasteiger partial charge < -0.3 is 75.6 Å². The molecule has 36 nitrogen and oxygen atoms in total. The van der Waals surface area contributed by atoms with E-state index >= 15 is 0 Å². The van der Waals surface area contributed by atoms with Crippen LogP contribution in [0.25, 0.3) is 33.5 Å². The molecule has 3 aliphatic rings. The first-order chi connectivity index (χ1) is 36.0. The Balaban J connectivity index is 0.943. The highest BCUT2D eigenvalue weighted by Crippen LogP contribution is 2.54. The second kappa shape index (κ2) is 22.4. The lowest BCUT2D eigenvalue weighted by Gasteiger charge is -2.26. The molecule has 0 saturated carbocycles. The molecule has 0 aromatic carbocycles. The number of aromatic nitrogens is 11. The Kier molecular flexibility index (Phi) is 16.7. The summed E-state index contributed by atoms with van der Waals surface area (Å²) in [6.45, 7) is -8.20. The summed E-state index contributed by atoms with van der Waals surface area (Å²) in [6, 6.07) is 1.50. The van der Waals surface area contributed by atoms with Crippen LogP contribution in [0.1, 0.15) is 18.7 Å². The second-order valence-corrected chi connectivity index (χ2v) is 23.4. The van der Waals surface area contributed by atoms with Crippen molar-refractivity contribution >= 4 is 92.8 Å². The lowest BCUT2D eigenvalue weighted by molar-refractivity contribution is -0.0657. The van der Waals surface area contributed by atoms with Crippen molar-refractivity contribution in [1.29, 1.82) is 0 Å². The quantitative estimate of drug-likeness (QED) is 0.0332. The van der Waals surface area contributed by atoms with E-state index in [1.807, 2.05) is 0 Å². The zero-order valence-electron chi connectivity index (χ0n) is 39.1. The van der Waals surface area contributed by atoms with Gasteiger partial charge >= 0.3 is 30.2 Å². The van der Waals surface area contributed by atoms with E-state index in [9.17, 15) is 43.3 Å². The van der Waals surface area contributed by atoms with Crippen LogP contribution in [-0.4, -0.2) is 190 Å². The van der Waals surface area contributed by atoms with E-state index in [4.69, 9.17) is 84.9 Å². The van der Waals surface area contributed by atoms with Gasteiger partial charge in [0, 0.05) is 20.4 Å². The van der Waals surface area contributed by atoms with Crippen LogP contribution in [0.5, 0.6) is 0 Å². The average Bonchev–Trinajstić information content (AvgIpc) is 4.25. The summed E-state index contributed by atoms with van der Waals surface area (Å²) >= 11 is 4.76. The molecule has 416 valence electrons. The van der Waals surface area contributed by atoms with Crippen molar-refractivity contribution in [2.75, 3.05) is 64.5 Å². The fourth-order valence-corrected chi connectivity index (χ4v) is 12.0. The van der Waals surface area contributed by atoms with Crippen LogP contribution in [0.15, 0.2) is 43.9 Å². The number of pyridine rings is 1. The predicted molar refractivity (Wildman–Crippen MR) is 254 cm³/mol. The Morgan fingerprint density at radius 2 is 1.01 bits per heavy atom. The third kappa shape index (κ3) is 11.8. The summed E-state index contributed by atoms with van der Waals surface area (Å²) < 4.78 is 111. The molecule has 0 aliphatic carbocycles. The van der Waals surface area contributed by atoms with Gasteiger partial charge in [0.05, 0.1) is 57.7 Å². The minimum Gasteiger partial charge on any atom is -0.397 e. The molecule has 9 rings (SSSR count). The number of aliphatic hydroxyl groups excluding tert-OH is 2. The fourth-order valence-electron chi connectivity index (χ4n) is 8.60. The number of fused-ring (bicyclic) bond motifs is 3. The minimum atomic E-state index is -5.40. The normalized spacial score (nSPS) is 29.6. The van der Waals surface area contributed by atoms with Crippen molar-refractivity contribution < 1.29 is 104 Å². The maximum atomic E-state index is 14.0. The number of nitrogens with zero attached hydrogens (tertiary/aromatic N) is 11. The molecule has 3 fully saturated rings. The zero-order chi connectivity index (χ0) is 54.5. The van der Waals surface area contributed by atoms with Crippen molar-refractivity contribution in [3.8, 4) is 0 Å². The number of imidazole rings is 3. The predicted octanol–water partition coefficient (Wildman–Crippen LogP) is -1.33. The van der Waals surface area contributed by atoms with E-state index in [0.717, 1.165) is 30.7 Å². The molecule has 76 heavy (non-hydrogen) atoms. The first-order valence-corrected chi connectivity index (χ1v) is 29.0. The number of nitrogen functional groups attached to an aromatic ring is 3. The Hall–Kier alpha value is -4.30.